The fourth-order valence-corrected chi connectivity index (χ4v) is 8.17. The van der Waals surface area contributed by atoms with Crippen LogP contribution in [0.2, 0.25) is 23.2 Å². The lowest BCUT2D eigenvalue weighted by atomic mass is 9.84. The highest BCUT2D eigenvalue weighted by Gasteiger charge is 2.43. The van der Waals surface area contributed by atoms with Crippen molar-refractivity contribution in [3.05, 3.63) is 40.2 Å². The summed E-state index contributed by atoms with van der Waals surface area (Å²) in [5.74, 6) is 1.05. The van der Waals surface area contributed by atoms with E-state index in [0.29, 0.717) is 45.5 Å². The molecule has 0 amide bonds. The minimum absolute atomic E-state index is 0. The highest BCUT2D eigenvalue weighted by atomic mass is 35.5. The highest BCUT2D eigenvalue weighted by molar-refractivity contribution is 6.74. The van der Waals surface area contributed by atoms with Gasteiger partial charge in [0.1, 0.15) is 6.07 Å². The van der Waals surface area contributed by atoms with Crippen molar-refractivity contribution in [2.24, 2.45) is 5.73 Å². The maximum absolute atomic E-state index is 9.93. The van der Waals surface area contributed by atoms with Gasteiger partial charge in [-0.15, -0.1) is 5.10 Å². The minimum Gasteiger partial charge on any atom is -0.412 e. The molecule has 0 radical (unpaired) electrons. The first-order chi connectivity index (χ1) is 21.9. The van der Waals surface area contributed by atoms with Crippen LogP contribution < -0.4 is 16.4 Å². The van der Waals surface area contributed by atoms with Crippen molar-refractivity contribution in [1.82, 2.24) is 24.5 Å². The summed E-state index contributed by atoms with van der Waals surface area (Å²) in [4.78, 5) is 11.6. The van der Waals surface area contributed by atoms with Gasteiger partial charge in [-0.3, -0.25) is 0 Å². The Hall–Kier alpha value is -3.26. The molecule has 47 heavy (non-hydrogen) atoms. The average molecular weight is 677 g/mol. The number of likely N-dealkylation sites (tertiary alicyclic amines) is 1. The molecule has 3 aliphatic rings. The SMILES string of the molecule is C.CC(C)(C)[Si](C)(C)O[C@@H]1CC(N2CCC(c3cc(C#N)cc(Nc4nc(NC5CC5)c5ncc(C#N)n5n4)c3Cl)CC2)CC[C@H]1N. The Bertz CT molecular complexity index is 1680. The van der Waals surface area contributed by atoms with Crippen molar-refractivity contribution in [2.75, 3.05) is 23.7 Å². The zero-order valence-electron chi connectivity index (χ0n) is 27.5. The van der Waals surface area contributed by atoms with Gasteiger partial charge >= 0.3 is 0 Å². The predicted octanol–water partition coefficient (Wildman–Crippen LogP) is 6.92. The normalized spacial score (nSPS) is 22.7. The number of nitrogens with zero attached hydrogens (tertiary/aromatic N) is 7. The van der Waals surface area contributed by atoms with Gasteiger partial charge in [-0.25, -0.2) is 4.98 Å². The van der Waals surface area contributed by atoms with Crippen molar-refractivity contribution in [2.45, 2.75) is 121 Å². The molecule has 1 aliphatic heterocycles. The summed E-state index contributed by atoms with van der Waals surface area (Å²) in [6, 6.07) is 8.97. The summed E-state index contributed by atoms with van der Waals surface area (Å²) in [5.41, 5.74) is 9.46. The lowest BCUT2D eigenvalue weighted by Gasteiger charge is -2.47. The second-order valence-electron chi connectivity index (χ2n) is 14.7. The van der Waals surface area contributed by atoms with Crippen LogP contribution in [0.25, 0.3) is 5.65 Å². The number of hydrogen-bond donors (Lipinski definition) is 3. The van der Waals surface area contributed by atoms with Crippen LogP contribution in [0.4, 0.5) is 17.5 Å². The number of imidazole rings is 1. The molecule has 2 saturated carbocycles. The molecule has 1 unspecified atom stereocenters. The minimum atomic E-state index is -1.92. The van der Waals surface area contributed by atoms with Crippen LogP contribution >= 0.6 is 11.6 Å². The summed E-state index contributed by atoms with van der Waals surface area (Å²) in [6.45, 7) is 13.4. The Morgan fingerprint density at radius 1 is 1.06 bits per heavy atom. The predicted molar refractivity (Wildman–Crippen MR) is 190 cm³/mol. The maximum atomic E-state index is 9.93. The third-order valence-electron chi connectivity index (χ3n) is 10.4. The van der Waals surface area contributed by atoms with Gasteiger partial charge in [-0.1, -0.05) is 39.8 Å². The first-order valence-corrected chi connectivity index (χ1v) is 19.8. The largest absolute Gasteiger partial charge is 0.412 e. The van der Waals surface area contributed by atoms with Gasteiger partial charge in [0.25, 0.3) is 0 Å². The third-order valence-corrected chi connectivity index (χ3v) is 15.4. The fraction of sp³-hybridized carbons (Fsp3) is 0.618. The lowest BCUT2D eigenvalue weighted by Crippen LogP contribution is -2.55. The molecule has 0 spiro atoms. The number of fused-ring (bicyclic) bond motifs is 1. The number of anilines is 3. The first-order valence-electron chi connectivity index (χ1n) is 16.5. The number of aromatic nitrogens is 4. The van der Waals surface area contributed by atoms with Crippen LogP contribution in [0.1, 0.15) is 95.9 Å². The van der Waals surface area contributed by atoms with Crippen LogP contribution in [0, 0.1) is 22.7 Å². The summed E-state index contributed by atoms with van der Waals surface area (Å²) in [5, 5.41) is 31.4. The molecular formula is C34H49ClN10OSi. The zero-order chi connectivity index (χ0) is 32.8. The molecule has 11 nitrogen and oxygen atoms in total. The van der Waals surface area contributed by atoms with Crippen molar-refractivity contribution >= 4 is 43.0 Å². The van der Waals surface area contributed by atoms with E-state index in [1.807, 2.05) is 6.07 Å². The Kier molecular flexibility index (Phi) is 10.2. The van der Waals surface area contributed by atoms with Gasteiger partial charge < -0.3 is 25.7 Å². The second kappa shape index (κ2) is 13.7. The van der Waals surface area contributed by atoms with Crippen molar-refractivity contribution in [3.8, 4) is 12.1 Å². The van der Waals surface area contributed by atoms with Crippen LogP contribution in [0.5, 0.6) is 0 Å². The highest BCUT2D eigenvalue weighted by Crippen LogP contribution is 2.42. The Morgan fingerprint density at radius 3 is 2.43 bits per heavy atom. The number of benzene rings is 1. The van der Waals surface area contributed by atoms with Gasteiger partial charge in [0.05, 0.1) is 34.6 Å². The van der Waals surface area contributed by atoms with E-state index in [4.69, 9.17) is 21.8 Å². The van der Waals surface area contributed by atoms with Crippen LogP contribution in [0.3, 0.4) is 0 Å². The molecule has 6 rings (SSSR count). The van der Waals surface area contributed by atoms with E-state index < -0.39 is 8.32 Å². The molecule has 4 N–H and O–H groups in total. The van der Waals surface area contributed by atoms with Gasteiger partial charge in [-0.2, -0.15) is 20.0 Å². The van der Waals surface area contributed by atoms with Crippen molar-refractivity contribution in [3.63, 3.8) is 0 Å². The van der Waals surface area contributed by atoms with Gasteiger partial charge in [0.2, 0.25) is 5.95 Å². The van der Waals surface area contributed by atoms with E-state index in [9.17, 15) is 10.5 Å². The first kappa shape index (κ1) is 35.1. The Balaban J connectivity index is 0.00000433. The van der Waals surface area contributed by atoms with Gasteiger partial charge in [-0.05, 0) is 99.8 Å². The molecular weight excluding hydrogens is 628 g/mol. The molecule has 2 aliphatic carbocycles. The summed E-state index contributed by atoms with van der Waals surface area (Å²) in [6.07, 6.45) is 8.65. The molecule has 3 heterocycles. The molecule has 1 aromatic carbocycles. The monoisotopic (exact) mass is 676 g/mol. The number of nitriles is 2. The number of piperidine rings is 1. The zero-order valence-corrected chi connectivity index (χ0v) is 29.2. The number of halogens is 1. The number of hydrogen-bond acceptors (Lipinski definition) is 10. The van der Waals surface area contributed by atoms with E-state index in [1.54, 1.807) is 6.07 Å². The second-order valence-corrected chi connectivity index (χ2v) is 19.8. The third kappa shape index (κ3) is 7.42. The topological polar surface area (TPSA) is 153 Å². The molecule has 1 saturated heterocycles. The van der Waals surface area contributed by atoms with E-state index in [1.165, 1.54) is 10.7 Å². The number of nitrogens with two attached hydrogens (primary N) is 1. The summed E-state index contributed by atoms with van der Waals surface area (Å²) >= 11 is 7.07. The Morgan fingerprint density at radius 2 is 1.79 bits per heavy atom. The molecule has 0 bridgehead atoms. The molecule has 2 aromatic heterocycles. The van der Waals surface area contributed by atoms with Gasteiger partial charge in [0, 0.05) is 18.1 Å². The molecule has 3 fully saturated rings. The quantitative estimate of drug-likeness (QED) is 0.214. The fourth-order valence-electron chi connectivity index (χ4n) is 6.48. The van der Waals surface area contributed by atoms with E-state index in [0.717, 1.165) is 63.6 Å². The van der Waals surface area contributed by atoms with Gasteiger partial charge in [0.15, 0.2) is 25.5 Å². The summed E-state index contributed by atoms with van der Waals surface area (Å²) in [7, 11) is -1.92. The molecule has 13 heteroatoms. The van der Waals surface area contributed by atoms with Crippen LogP contribution in [-0.2, 0) is 4.43 Å². The molecule has 252 valence electrons. The van der Waals surface area contributed by atoms with E-state index in [-0.39, 0.29) is 36.5 Å². The smallest absolute Gasteiger partial charge is 0.247 e. The Labute approximate surface area is 285 Å². The van der Waals surface area contributed by atoms with Crippen molar-refractivity contribution < 1.29 is 4.43 Å². The number of nitrogens with one attached hydrogen (secondary N) is 2. The number of rotatable bonds is 8. The average Bonchev–Trinajstić information content (AvgIpc) is 3.74. The molecule has 3 aromatic rings. The standard InChI is InChI=1S/C33H45ClN10OSi.CH4/c1-33(2,3)46(4,5)45-28-16-23(8-9-26(28)37)43-12-10-21(11-13-43)25-14-20(17-35)15-27(29(25)34)40-32-41-30(39-22-6-7-22)31-38-19-24(18-36)44(31)42-32;/h14-15,19,21-23,26,28H,6-13,16,37H2,1-5H3,(H2,39,40,41,42);1H4/t23?,26-,28-;/m1./s1. The maximum Gasteiger partial charge on any atom is 0.247 e. The van der Waals surface area contributed by atoms with E-state index >= 15 is 0 Å². The molecule has 3 atom stereocenters. The van der Waals surface area contributed by atoms with Crippen molar-refractivity contribution in [1.29, 1.82) is 10.5 Å². The lowest BCUT2D eigenvalue weighted by molar-refractivity contribution is 0.0434. The van der Waals surface area contributed by atoms with Crippen LogP contribution in [0.15, 0.2) is 18.3 Å². The van der Waals surface area contributed by atoms with Crippen LogP contribution in [-0.4, -0.2) is 70.1 Å². The summed E-state index contributed by atoms with van der Waals surface area (Å²) < 4.78 is 8.31. The van der Waals surface area contributed by atoms with E-state index in [2.05, 4.69) is 76.6 Å².